The summed E-state index contributed by atoms with van der Waals surface area (Å²) in [5.41, 5.74) is -0.878. The van der Waals surface area contributed by atoms with Crippen molar-refractivity contribution in [2.45, 2.75) is 19.4 Å². The predicted molar refractivity (Wildman–Crippen MR) is 65.3 cm³/mol. The van der Waals surface area contributed by atoms with Crippen molar-refractivity contribution < 1.29 is 23.8 Å². The van der Waals surface area contributed by atoms with E-state index < -0.39 is 11.7 Å². The van der Waals surface area contributed by atoms with Crippen molar-refractivity contribution in [1.29, 1.82) is 0 Å². The molecule has 0 aliphatic heterocycles. The highest BCUT2D eigenvalue weighted by Crippen LogP contribution is 2.08. The van der Waals surface area contributed by atoms with E-state index in [-0.39, 0.29) is 19.1 Å². The van der Waals surface area contributed by atoms with Crippen LogP contribution in [0.3, 0.4) is 0 Å². The lowest BCUT2D eigenvalue weighted by Gasteiger charge is -2.23. The van der Waals surface area contributed by atoms with Crippen LogP contribution in [0.5, 0.6) is 0 Å². The maximum Gasteiger partial charge on any atom is 0.406 e. The number of hydrogen-bond acceptors (Lipinski definition) is 5. The first-order valence-electron chi connectivity index (χ1n) is 5.72. The van der Waals surface area contributed by atoms with Crippen LogP contribution in [0.15, 0.2) is 0 Å². The molecule has 0 fully saturated rings. The van der Waals surface area contributed by atoms with Crippen molar-refractivity contribution in [2.24, 2.45) is 0 Å². The van der Waals surface area contributed by atoms with Crippen molar-refractivity contribution in [3.8, 4) is 0 Å². The SMILES string of the molecule is CNC(=O)OCCOCCOC(C)(C)C(=O)NC. The van der Waals surface area contributed by atoms with Crippen LogP contribution in [0.2, 0.25) is 0 Å². The highest BCUT2D eigenvalue weighted by molar-refractivity contribution is 5.83. The lowest BCUT2D eigenvalue weighted by atomic mass is 10.1. The van der Waals surface area contributed by atoms with Gasteiger partial charge in [0.1, 0.15) is 12.2 Å². The highest BCUT2D eigenvalue weighted by atomic mass is 16.6. The molecule has 0 atom stereocenters. The molecule has 0 aromatic carbocycles. The van der Waals surface area contributed by atoms with E-state index in [2.05, 4.69) is 10.6 Å². The van der Waals surface area contributed by atoms with Gasteiger partial charge in [0.25, 0.3) is 5.91 Å². The fourth-order valence-electron chi connectivity index (χ4n) is 1.09. The minimum absolute atomic E-state index is 0.179. The van der Waals surface area contributed by atoms with E-state index in [4.69, 9.17) is 14.2 Å². The number of amides is 2. The maximum atomic E-state index is 11.4. The molecule has 7 heteroatoms. The third-order valence-corrected chi connectivity index (χ3v) is 2.13. The smallest absolute Gasteiger partial charge is 0.406 e. The van der Waals surface area contributed by atoms with Crippen LogP contribution in [0.1, 0.15) is 13.8 Å². The topological polar surface area (TPSA) is 85.9 Å². The molecule has 0 saturated heterocycles. The molecular weight excluding hydrogens is 240 g/mol. The average Bonchev–Trinajstić information content (AvgIpc) is 2.35. The summed E-state index contributed by atoms with van der Waals surface area (Å²) < 4.78 is 15.3. The molecular formula is C11H22N2O5. The van der Waals surface area contributed by atoms with Crippen molar-refractivity contribution in [3.63, 3.8) is 0 Å². The number of ether oxygens (including phenoxy) is 3. The first kappa shape index (κ1) is 16.7. The molecule has 0 spiro atoms. The fourth-order valence-corrected chi connectivity index (χ4v) is 1.09. The highest BCUT2D eigenvalue weighted by Gasteiger charge is 2.26. The fraction of sp³-hybridized carbons (Fsp3) is 0.818. The Labute approximate surface area is 107 Å². The summed E-state index contributed by atoms with van der Waals surface area (Å²) in [7, 11) is 3.04. The van der Waals surface area contributed by atoms with E-state index in [0.717, 1.165) is 0 Å². The molecule has 0 radical (unpaired) electrons. The van der Waals surface area contributed by atoms with E-state index in [1.807, 2.05) is 0 Å². The second kappa shape index (κ2) is 8.71. The van der Waals surface area contributed by atoms with Crippen molar-refractivity contribution in [1.82, 2.24) is 10.6 Å². The molecule has 106 valence electrons. The van der Waals surface area contributed by atoms with Crippen molar-refractivity contribution in [2.75, 3.05) is 40.5 Å². The Morgan fingerprint density at radius 3 is 2.17 bits per heavy atom. The van der Waals surface area contributed by atoms with E-state index in [0.29, 0.717) is 13.2 Å². The normalized spacial score (nSPS) is 10.9. The molecule has 0 aliphatic carbocycles. The summed E-state index contributed by atoms with van der Waals surface area (Å²) in [6.45, 7) is 4.45. The average molecular weight is 262 g/mol. The van der Waals surface area contributed by atoms with Gasteiger partial charge in [-0.1, -0.05) is 0 Å². The van der Waals surface area contributed by atoms with Crippen LogP contribution in [0.25, 0.3) is 0 Å². The number of alkyl carbamates (subject to hydrolysis) is 1. The third-order valence-electron chi connectivity index (χ3n) is 2.13. The monoisotopic (exact) mass is 262 g/mol. The molecule has 0 unspecified atom stereocenters. The van der Waals surface area contributed by atoms with Gasteiger partial charge in [-0.2, -0.15) is 0 Å². The lowest BCUT2D eigenvalue weighted by Crippen LogP contribution is -2.43. The zero-order valence-corrected chi connectivity index (χ0v) is 11.4. The standard InChI is InChI=1S/C11H22N2O5/c1-11(2,9(14)12-3)18-8-6-16-5-7-17-10(15)13-4/h5-8H2,1-4H3,(H,12,14)(H,13,15). The summed E-state index contributed by atoms with van der Waals surface area (Å²) in [6.07, 6.45) is -0.490. The van der Waals surface area contributed by atoms with Gasteiger partial charge in [0, 0.05) is 14.1 Å². The zero-order chi connectivity index (χ0) is 14.0. The van der Waals surface area contributed by atoms with Gasteiger partial charge >= 0.3 is 6.09 Å². The van der Waals surface area contributed by atoms with Crippen molar-refractivity contribution in [3.05, 3.63) is 0 Å². The van der Waals surface area contributed by atoms with Crippen molar-refractivity contribution >= 4 is 12.0 Å². The Balaban J connectivity index is 3.51. The van der Waals surface area contributed by atoms with Gasteiger partial charge in [0.05, 0.1) is 19.8 Å². The minimum Gasteiger partial charge on any atom is -0.447 e. The summed E-state index contributed by atoms with van der Waals surface area (Å²) >= 11 is 0. The Kier molecular flexibility index (Phi) is 8.06. The molecule has 0 rings (SSSR count). The summed E-state index contributed by atoms with van der Waals surface area (Å²) in [5, 5.41) is 4.84. The molecule has 18 heavy (non-hydrogen) atoms. The number of likely N-dealkylation sites (N-methyl/N-ethyl adjacent to an activating group) is 1. The summed E-state index contributed by atoms with van der Waals surface area (Å²) in [4.78, 5) is 22.0. The quantitative estimate of drug-likeness (QED) is 0.597. The van der Waals surface area contributed by atoms with Gasteiger partial charge in [-0.3, -0.25) is 4.79 Å². The first-order chi connectivity index (χ1) is 8.44. The zero-order valence-electron chi connectivity index (χ0n) is 11.4. The lowest BCUT2D eigenvalue weighted by molar-refractivity contribution is -0.144. The largest absolute Gasteiger partial charge is 0.447 e. The third kappa shape index (κ3) is 7.08. The van der Waals surface area contributed by atoms with E-state index in [9.17, 15) is 9.59 Å². The molecule has 0 bridgehead atoms. The van der Waals surface area contributed by atoms with Crippen LogP contribution >= 0.6 is 0 Å². The molecule has 2 N–H and O–H groups in total. The second-order valence-corrected chi connectivity index (χ2v) is 3.94. The molecule has 0 aromatic rings. The Bertz CT molecular complexity index is 268. The van der Waals surface area contributed by atoms with Gasteiger partial charge < -0.3 is 24.8 Å². The number of carbonyl (C=O) groups is 2. The van der Waals surface area contributed by atoms with Gasteiger partial charge in [0.15, 0.2) is 0 Å². The van der Waals surface area contributed by atoms with Crippen LogP contribution in [0, 0.1) is 0 Å². The predicted octanol–water partition coefficient (Wildman–Crippen LogP) is -0.0998. The number of rotatable bonds is 8. The molecule has 0 aliphatic rings. The number of nitrogens with one attached hydrogen (secondary N) is 2. The first-order valence-corrected chi connectivity index (χ1v) is 5.72. The Morgan fingerprint density at radius 2 is 1.61 bits per heavy atom. The van der Waals surface area contributed by atoms with Gasteiger partial charge in [-0.15, -0.1) is 0 Å². The second-order valence-electron chi connectivity index (χ2n) is 3.94. The van der Waals surface area contributed by atoms with E-state index in [1.165, 1.54) is 7.05 Å². The van der Waals surface area contributed by atoms with E-state index in [1.54, 1.807) is 20.9 Å². The Morgan fingerprint density at radius 1 is 1.00 bits per heavy atom. The number of carbonyl (C=O) groups excluding carboxylic acids is 2. The van der Waals surface area contributed by atoms with Gasteiger partial charge in [0.2, 0.25) is 0 Å². The Hall–Kier alpha value is -1.34. The van der Waals surface area contributed by atoms with Crippen LogP contribution in [-0.2, 0) is 19.0 Å². The number of hydrogen-bond donors (Lipinski definition) is 2. The molecule has 0 saturated carbocycles. The summed E-state index contributed by atoms with van der Waals surface area (Å²) in [6, 6.07) is 0. The van der Waals surface area contributed by atoms with Gasteiger partial charge in [-0.25, -0.2) is 4.79 Å². The molecule has 7 nitrogen and oxygen atoms in total. The van der Waals surface area contributed by atoms with Gasteiger partial charge in [-0.05, 0) is 13.8 Å². The molecule has 0 aromatic heterocycles. The molecule has 0 heterocycles. The van der Waals surface area contributed by atoms with Crippen LogP contribution in [0.4, 0.5) is 4.79 Å². The summed E-state index contributed by atoms with van der Waals surface area (Å²) in [5.74, 6) is -0.189. The minimum atomic E-state index is -0.878. The van der Waals surface area contributed by atoms with Crippen LogP contribution < -0.4 is 10.6 Å². The maximum absolute atomic E-state index is 11.4. The van der Waals surface area contributed by atoms with Crippen LogP contribution in [-0.4, -0.2) is 58.1 Å². The van der Waals surface area contributed by atoms with E-state index >= 15 is 0 Å². The molecule has 2 amide bonds.